The number of halogens is 2. The number of benzene rings is 2. The molecule has 0 aliphatic carbocycles. The Bertz CT molecular complexity index is 983. The van der Waals surface area contributed by atoms with Crippen molar-refractivity contribution < 1.29 is 18.3 Å². The fourth-order valence-corrected chi connectivity index (χ4v) is 3.67. The third-order valence-electron chi connectivity index (χ3n) is 4.28. The molecule has 1 aromatic heterocycles. The van der Waals surface area contributed by atoms with Crippen LogP contribution in [0.5, 0.6) is 5.75 Å². The lowest BCUT2D eigenvalue weighted by atomic mass is 10.2. The number of nitrogens with zero attached hydrogens (tertiary/aromatic N) is 4. The number of thioether (sulfide) groups is 1. The number of ether oxygens (including phenoxy) is 1. The summed E-state index contributed by atoms with van der Waals surface area (Å²) in [5.74, 6) is 6.42. The molecule has 30 heavy (non-hydrogen) atoms. The normalized spacial score (nSPS) is 12.0. The van der Waals surface area contributed by atoms with Crippen molar-refractivity contribution in [2.45, 2.75) is 30.9 Å². The van der Waals surface area contributed by atoms with E-state index in [4.69, 9.17) is 5.84 Å². The Hall–Kier alpha value is -3.14. The van der Waals surface area contributed by atoms with Crippen LogP contribution in [0.2, 0.25) is 0 Å². The maximum Gasteiger partial charge on any atom is 0.387 e. The topological polar surface area (TPSA) is 86.3 Å². The van der Waals surface area contributed by atoms with Gasteiger partial charge in [0.05, 0.1) is 5.25 Å². The van der Waals surface area contributed by atoms with Crippen LogP contribution in [0.25, 0.3) is 11.4 Å². The van der Waals surface area contributed by atoms with Gasteiger partial charge in [-0.15, -0.1) is 10.2 Å². The van der Waals surface area contributed by atoms with Gasteiger partial charge >= 0.3 is 6.61 Å². The molecule has 0 unspecified atom stereocenters. The molecule has 0 saturated carbocycles. The number of hydrogen-bond donors (Lipinski definition) is 1. The number of carbonyl (C=O) groups excluding carboxylic acids is 1. The molecular weight excluding hydrogens is 412 g/mol. The van der Waals surface area contributed by atoms with Crippen LogP contribution in [-0.4, -0.2) is 39.2 Å². The van der Waals surface area contributed by atoms with Crippen LogP contribution in [0.15, 0.2) is 59.8 Å². The Morgan fingerprint density at radius 3 is 2.43 bits per heavy atom. The lowest BCUT2D eigenvalue weighted by molar-refractivity contribution is -0.117. The minimum absolute atomic E-state index is 0.0335. The molecule has 1 amide bonds. The van der Waals surface area contributed by atoms with E-state index in [2.05, 4.69) is 14.9 Å². The van der Waals surface area contributed by atoms with Gasteiger partial charge < -0.3 is 15.5 Å². The predicted molar refractivity (Wildman–Crippen MR) is 112 cm³/mol. The van der Waals surface area contributed by atoms with E-state index >= 15 is 0 Å². The maximum absolute atomic E-state index is 12.9. The molecule has 1 heterocycles. The molecule has 0 bridgehead atoms. The van der Waals surface area contributed by atoms with Gasteiger partial charge in [-0.3, -0.25) is 4.79 Å². The van der Waals surface area contributed by atoms with E-state index in [1.54, 1.807) is 24.0 Å². The van der Waals surface area contributed by atoms with E-state index in [9.17, 15) is 13.6 Å². The van der Waals surface area contributed by atoms with Gasteiger partial charge in [0, 0.05) is 17.8 Å². The van der Waals surface area contributed by atoms with Crippen LogP contribution < -0.4 is 15.5 Å². The monoisotopic (exact) mass is 433 g/mol. The van der Waals surface area contributed by atoms with Gasteiger partial charge in [-0.1, -0.05) is 30.0 Å². The Kier molecular flexibility index (Phi) is 6.88. The molecule has 10 heteroatoms. The molecule has 158 valence electrons. The Labute approximate surface area is 176 Å². The largest absolute Gasteiger partial charge is 0.435 e. The van der Waals surface area contributed by atoms with E-state index in [0.717, 1.165) is 5.69 Å². The Balaban J connectivity index is 1.73. The summed E-state index contributed by atoms with van der Waals surface area (Å²) in [6.07, 6.45) is 0. The predicted octanol–water partition coefficient (Wildman–Crippen LogP) is 3.79. The molecule has 3 rings (SSSR count). The van der Waals surface area contributed by atoms with Crippen LogP contribution >= 0.6 is 11.8 Å². The van der Waals surface area contributed by atoms with Crippen LogP contribution in [0.3, 0.4) is 0 Å². The highest BCUT2D eigenvalue weighted by atomic mass is 32.2. The second-order valence-electron chi connectivity index (χ2n) is 6.26. The number of amides is 1. The summed E-state index contributed by atoms with van der Waals surface area (Å²) in [6.45, 7) is 1.33. The van der Waals surface area contributed by atoms with E-state index in [-0.39, 0.29) is 11.7 Å². The highest BCUT2D eigenvalue weighted by Crippen LogP contribution is 2.28. The zero-order valence-electron chi connectivity index (χ0n) is 16.4. The number of rotatable bonds is 8. The number of anilines is 1. The summed E-state index contributed by atoms with van der Waals surface area (Å²) in [4.78, 5) is 14.6. The Morgan fingerprint density at radius 1 is 1.17 bits per heavy atom. The lowest BCUT2D eigenvalue weighted by Crippen LogP contribution is -2.36. The number of carbonyl (C=O) groups is 1. The van der Waals surface area contributed by atoms with E-state index in [0.29, 0.717) is 23.1 Å². The van der Waals surface area contributed by atoms with Crippen molar-refractivity contribution in [3.8, 4) is 17.1 Å². The summed E-state index contributed by atoms with van der Waals surface area (Å²) in [5.41, 5.74) is 1.40. The van der Waals surface area contributed by atoms with Gasteiger partial charge in [0.15, 0.2) is 5.82 Å². The molecule has 0 saturated heterocycles. The van der Waals surface area contributed by atoms with Gasteiger partial charge in [0.25, 0.3) is 0 Å². The van der Waals surface area contributed by atoms with E-state index < -0.39 is 11.9 Å². The molecule has 0 spiro atoms. The van der Waals surface area contributed by atoms with Gasteiger partial charge in [-0.05, 0) is 50.2 Å². The average Bonchev–Trinajstić information content (AvgIpc) is 3.09. The summed E-state index contributed by atoms with van der Waals surface area (Å²) in [7, 11) is 0. The van der Waals surface area contributed by atoms with Crippen LogP contribution in [0, 0.1) is 0 Å². The van der Waals surface area contributed by atoms with Crippen LogP contribution in [0.4, 0.5) is 14.5 Å². The number of alkyl halides is 2. The highest BCUT2D eigenvalue weighted by Gasteiger charge is 2.24. The molecule has 2 aromatic carbocycles. The number of nitrogens with two attached hydrogens (primary N) is 1. The fraction of sp³-hybridized carbons (Fsp3) is 0.250. The zero-order chi connectivity index (χ0) is 21.7. The molecule has 0 radical (unpaired) electrons. The summed E-state index contributed by atoms with van der Waals surface area (Å²) >= 11 is 1.19. The number of nitrogen functional groups attached to an aromatic ring is 1. The van der Waals surface area contributed by atoms with E-state index in [1.165, 1.54) is 28.6 Å². The molecule has 2 N–H and O–H groups in total. The summed E-state index contributed by atoms with van der Waals surface area (Å²) in [5, 5.41) is 8.05. The van der Waals surface area contributed by atoms with Crippen LogP contribution in [0.1, 0.15) is 13.8 Å². The smallest absolute Gasteiger partial charge is 0.387 e. The van der Waals surface area contributed by atoms with Gasteiger partial charge in [-0.25, -0.2) is 4.68 Å². The number of aromatic nitrogens is 3. The molecule has 0 aliphatic rings. The van der Waals surface area contributed by atoms with Gasteiger partial charge in [-0.2, -0.15) is 8.78 Å². The first-order valence-corrected chi connectivity index (χ1v) is 10.1. The average molecular weight is 433 g/mol. The minimum Gasteiger partial charge on any atom is -0.435 e. The first kappa shape index (κ1) is 21.6. The maximum atomic E-state index is 12.9. The van der Waals surface area contributed by atoms with Crippen molar-refractivity contribution in [1.82, 2.24) is 14.9 Å². The SMILES string of the molecule is CCN(C(=O)[C@H](C)Sc1nnc(-c2ccc(OC(F)F)cc2)n1N)c1ccccc1. The van der Waals surface area contributed by atoms with Gasteiger partial charge in [0.2, 0.25) is 11.1 Å². The van der Waals surface area contributed by atoms with Gasteiger partial charge in [0.1, 0.15) is 5.75 Å². The second kappa shape index (κ2) is 9.57. The third-order valence-corrected chi connectivity index (χ3v) is 5.33. The fourth-order valence-electron chi connectivity index (χ4n) is 2.84. The third kappa shape index (κ3) is 4.88. The standard InChI is InChI=1S/C20H21F2N5O2S/c1-3-26(15-7-5-4-6-8-15)18(28)13(2)30-20-25-24-17(27(20)23)14-9-11-16(12-10-14)29-19(21)22/h4-13,19H,3,23H2,1-2H3/t13-/m0/s1. The molecule has 7 nitrogen and oxygen atoms in total. The molecule has 0 fully saturated rings. The van der Waals surface area contributed by atoms with Crippen LogP contribution in [-0.2, 0) is 4.79 Å². The van der Waals surface area contributed by atoms with Crippen molar-refractivity contribution >= 4 is 23.4 Å². The van der Waals surface area contributed by atoms with Crippen molar-refractivity contribution in [3.05, 3.63) is 54.6 Å². The highest BCUT2D eigenvalue weighted by molar-refractivity contribution is 8.00. The molecular formula is C20H21F2N5O2S. The first-order valence-electron chi connectivity index (χ1n) is 9.19. The Morgan fingerprint density at radius 2 is 1.83 bits per heavy atom. The summed E-state index contributed by atoms with van der Waals surface area (Å²) in [6, 6.07) is 15.3. The van der Waals surface area contributed by atoms with Crippen molar-refractivity contribution in [2.75, 3.05) is 17.3 Å². The van der Waals surface area contributed by atoms with Crippen molar-refractivity contribution in [1.29, 1.82) is 0 Å². The van der Waals surface area contributed by atoms with E-state index in [1.807, 2.05) is 37.3 Å². The molecule has 3 aromatic rings. The molecule has 1 atom stereocenters. The summed E-state index contributed by atoms with van der Waals surface area (Å²) < 4.78 is 30.2. The first-order chi connectivity index (χ1) is 14.4. The number of para-hydroxylation sites is 1. The lowest BCUT2D eigenvalue weighted by Gasteiger charge is -2.24. The van der Waals surface area contributed by atoms with Crippen molar-refractivity contribution in [2.24, 2.45) is 0 Å². The van der Waals surface area contributed by atoms with Crippen molar-refractivity contribution in [3.63, 3.8) is 0 Å². The molecule has 0 aliphatic heterocycles. The minimum atomic E-state index is -2.89. The number of hydrogen-bond acceptors (Lipinski definition) is 6. The quantitative estimate of drug-likeness (QED) is 0.430. The zero-order valence-corrected chi connectivity index (χ0v) is 17.2. The second-order valence-corrected chi connectivity index (χ2v) is 7.57.